The Balaban J connectivity index is 2.35. The molecule has 19 heavy (non-hydrogen) atoms. The lowest BCUT2D eigenvalue weighted by Crippen LogP contribution is -1.88. The zero-order valence-corrected chi connectivity index (χ0v) is 10.2. The van der Waals surface area contributed by atoms with Crippen LogP contribution in [0, 0.1) is 28.4 Å². The molecule has 0 aliphatic rings. The van der Waals surface area contributed by atoms with Gasteiger partial charge in [-0.05, 0) is 42.8 Å². The van der Waals surface area contributed by atoms with Gasteiger partial charge in [-0.25, -0.2) is 0 Å². The molecule has 0 radical (unpaired) electrons. The van der Waals surface area contributed by atoms with Crippen LogP contribution >= 0.6 is 0 Å². The van der Waals surface area contributed by atoms with Gasteiger partial charge in [0.15, 0.2) is 0 Å². The average molecular weight is 254 g/mol. The smallest absolute Gasteiger partial charge is 0.269 e. The van der Waals surface area contributed by atoms with Crippen LogP contribution in [0.15, 0.2) is 40.8 Å². The van der Waals surface area contributed by atoms with Gasteiger partial charge >= 0.3 is 0 Å². The van der Waals surface area contributed by atoms with Crippen molar-refractivity contribution in [1.29, 1.82) is 5.26 Å². The monoisotopic (exact) mass is 254 g/mol. The molecule has 0 saturated carbocycles. The minimum atomic E-state index is -0.477. The molecule has 1 aromatic heterocycles. The number of hydrogen-bond acceptors (Lipinski definition) is 4. The van der Waals surface area contributed by atoms with E-state index in [-0.39, 0.29) is 5.69 Å². The molecule has 0 aliphatic heterocycles. The Morgan fingerprint density at radius 2 is 2.00 bits per heavy atom. The van der Waals surface area contributed by atoms with Crippen LogP contribution < -0.4 is 0 Å². The Labute approximate surface area is 109 Å². The van der Waals surface area contributed by atoms with E-state index >= 15 is 0 Å². The maximum absolute atomic E-state index is 10.6. The molecule has 0 atom stereocenters. The first-order valence-electron chi connectivity index (χ1n) is 5.53. The molecule has 94 valence electrons. The summed E-state index contributed by atoms with van der Waals surface area (Å²) in [5, 5.41) is 19.7. The van der Waals surface area contributed by atoms with E-state index in [9.17, 15) is 10.1 Å². The molecular weight excluding hydrogens is 244 g/mol. The van der Waals surface area contributed by atoms with Gasteiger partial charge in [0, 0.05) is 12.1 Å². The third-order valence-electron chi connectivity index (χ3n) is 2.56. The normalized spacial score (nSPS) is 11.1. The van der Waals surface area contributed by atoms with E-state index in [0.717, 1.165) is 5.76 Å². The molecule has 0 N–H and O–H groups in total. The lowest BCUT2D eigenvalue weighted by Gasteiger charge is -1.98. The maximum Gasteiger partial charge on any atom is 0.269 e. The van der Waals surface area contributed by atoms with E-state index in [4.69, 9.17) is 9.68 Å². The van der Waals surface area contributed by atoms with E-state index < -0.39 is 4.92 Å². The fraction of sp³-hybridized carbons (Fsp3) is 0.0714. The van der Waals surface area contributed by atoms with Gasteiger partial charge in [-0.1, -0.05) is 0 Å². The van der Waals surface area contributed by atoms with Gasteiger partial charge in [0.2, 0.25) is 0 Å². The molecular formula is C14H10N2O3. The zero-order valence-electron chi connectivity index (χ0n) is 10.2. The molecule has 1 heterocycles. The van der Waals surface area contributed by atoms with Gasteiger partial charge < -0.3 is 4.42 Å². The van der Waals surface area contributed by atoms with Gasteiger partial charge in [-0.2, -0.15) is 5.26 Å². The van der Waals surface area contributed by atoms with Crippen LogP contribution in [0.25, 0.3) is 11.6 Å². The van der Waals surface area contributed by atoms with Crippen molar-refractivity contribution in [2.45, 2.75) is 6.92 Å². The Morgan fingerprint density at radius 1 is 1.32 bits per heavy atom. The summed E-state index contributed by atoms with van der Waals surface area (Å²) in [6.45, 7) is 1.81. The molecule has 0 bridgehead atoms. The predicted molar refractivity (Wildman–Crippen MR) is 70.0 cm³/mol. The molecule has 5 nitrogen and oxygen atoms in total. The van der Waals surface area contributed by atoms with Gasteiger partial charge in [0.05, 0.1) is 16.6 Å². The number of non-ortho nitro benzene ring substituents is 1. The van der Waals surface area contributed by atoms with Crippen LogP contribution in [-0.4, -0.2) is 4.92 Å². The highest BCUT2D eigenvalue weighted by molar-refractivity contribution is 5.88. The standard InChI is InChI=1S/C14H10N2O3/c1-10-2-7-14(19-10)8-12(9-15)11-3-5-13(6-4-11)16(17)18/h2-8H,1H3. The summed E-state index contributed by atoms with van der Waals surface area (Å²) in [6.07, 6.45) is 1.61. The SMILES string of the molecule is Cc1ccc(C=C(C#N)c2ccc([N+](=O)[O-])cc2)o1. The molecule has 0 fully saturated rings. The third kappa shape index (κ3) is 2.87. The van der Waals surface area contributed by atoms with E-state index in [1.807, 2.05) is 6.92 Å². The van der Waals surface area contributed by atoms with Crippen molar-refractivity contribution < 1.29 is 9.34 Å². The Hall–Kier alpha value is -2.87. The first-order chi connectivity index (χ1) is 9.10. The third-order valence-corrected chi connectivity index (χ3v) is 2.56. The van der Waals surface area contributed by atoms with Crippen molar-refractivity contribution in [3.8, 4) is 6.07 Å². The minimum Gasteiger partial charge on any atom is -0.462 e. The second kappa shape index (κ2) is 5.19. The van der Waals surface area contributed by atoms with Crippen molar-refractivity contribution in [2.75, 3.05) is 0 Å². The first kappa shape index (κ1) is 12.6. The number of benzene rings is 1. The average Bonchev–Trinajstić information content (AvgIpc) is 2.81. The highest BCUT2D eigenvalue weighted by Gasteiger charge is 2.07. The van der Waals surface area contributed by atoms with Crippen LogP contribution in [-0.2, 0) is 0 Å². The highest BCUT2D eigenvalue weighted by atomic mass is 16.6. The van der Waals surface area contributed by atoms with Gasteiger partial charge in [0.1, 0.15) is 11.5 Å². The second-order valence-electron chi connectivity index (χ2n) is 3.92. The van der Waals surface area contributed by atoms with Crippen LogP contribution in [0.4, 0.5) is 5.69 Å². The minimum absolute atomic E-state index is 0.00474. The summed E-state index contributed by atoms with van der Waals surface area (Å²) in [5.41, 5.74) is 1.00. The number of nitro benzene ring substituents is 1. The van der Waals surface area contributed by atoms with Crippen LogP contribution in [0.2, 0.25) is 0 Å². The van der Waals surface area contributed by atoms with Crippen LogP contribution in [0.3, 0.4) is 0 Å². The van der Waals surface area contributed by atoms with Crippen LogP contribution in [0.5, 0.6) is 0 Å². The fourth-order valence-corrected chi connectivity index (χ4v) is 1.62. The van der Waals surface area contributed by atoms with Gasteiger partial charge in [-0.15, -0.1) is 0 Å². The fourth-order valence-electron chi connectivity index (χ4n) is 1.62. The maximum atomic E-state index is 10.6. The number of nitriles is 1. The Morgan fingerprint density at radius 3 is 2.47 bits per heavy atom. The molecule has 0 amide bonds. The van der Waals surface area contributed by atoms with Gasteiger partial charge in [0.25, 0.3) is 5.69 Å². The summed E-state index contributed by atoms with van der Waals surface area (Å²) >= 11 is 0. The number of aryl methyl sites for hydroxylation is 1. The highest BCUT2D eigenvalue weighted by Crippen LogP contribution is 2.21. The van der Waals surface area contributed by atoms with E-state index in [1.165, 1.54) is 12.1 Å². The quantitative estimate of drug-likeness (QED) is 0.476. The number of nitro groups is 1. The molecule has 0 saturated heterocycles. The number of hydrogen-bond donors (Lipinski definition) is 0. The summed E-state index contributed by atoms with van der Waals surface area (Å²) in [4.78, 5) is 10.1. The Kier molecular flexibility index (Phi) is 3.44. The summed E-state index contributed by atoms with van der Waals surface area (Å²) in [7, 11) is 0. The molecule has 2 aromatic rings. The van der Waals surface area contributed by atoms with Crippen molar-refractivity contribution in [3.63, 3.8) is 0 Å². The lowest BCUT2D eigenvalue weighted by molar-refractivity contribution is -0.384. The van der Waals surface area contributed by atoms with Crippen molar-refractivity contribution in [2.24, 2.45) is 0 Å². The molecule has 0 unspecified atom stereocenters. The Bertz CT molecular complexity index is 675. The first-order valence-corrected chi connectivity index (χ1v) is 5.53. The zero-order chi connectivity index (χ0) is 13.8. The van der Waals surface area contributed by atoms with Crippen LogP contribution in [0.1, 0.15) is 17.1 Å². The number of allylic oxidation sites excluding steroid dienone is 1. The van der Waals surface area contributed by atoms with E-state index in [0.29, 0.717) is 16.9 Å². The predicted octanol–water partition coefficient (Wildman–Crippen LogP) is 3.56. The van der Waals surface area contributed by atoms with Crippen molar-refractivity contribution in [3.05, 3.63) is 63.6 Å². The second-order valence-corrected chi connectivity index (χ2v) is 3.92. The summed E-state index contributed by atoms with van der Waals surface area (Å²) < 4.78 is 5.36. The van der Waals surface area contributed by atoms with Gasteiger partial charge in [-0.3, -0.25) is 10.1 Å². The topological polar surface area (TPSA) is 80.1 Å². The summed E-state index contributed by atoms with van der Waals surface area (Å²) in [5.74, 6) is 1.33. The number of furan rings is 1. The number of rotatable bonds is 3. The molecule has 0 spiro atoms. The van der Waals surface area contributed by atoms with E-state index in [2.05, 4.69) is 6.07 Å². The van der Waals surface area contributed by atoms with E-state index in [1.54, 1.807) is 30.3 Å². The molecule has 0 aliphatic carbocycles. The molecule has 2 rings (SSSR count). The van der Waals surface area contributed by atoms with Crippen molar-refractivity contribution >= 4 is 17.3 Å². The van der Waals surface area contributed by atoms with Crippen molar-refractivity contribution in [1.82, 2.24) is 0 Å². The summed E-state index contributed by atoms with van der Waals surface area (Å²) in [6, 6.07) is 11.4. The lowest BCUT2D eigenvalue weighted by atomic mass is 10.1. The molecule has 5 heteroatoms. The largest absolute Gasteiger partial charge is 0.462 e. The molecule has 1 aromatic carbocycles. The number of nitrogens with zero attached hydrogens (tertiary/aromatic N) is 2.